The molecule has 0 aliphatic rings. The van der Waals surface area contributed by atoms with Crippen molar-refractivity contribution in [1.82, 2.24) is 0 Å². The van der Waals surface area contributed by atoms with Gasteiger partial charge in [0.05, 0.1) is 21.1 Å². The van der Waals surface area contributed by atoms with Crippen LogP contribution in [0, 0.1) is 6.92 Å². The zero-order valence-corrected chi connectivity index (χ0v) is 18.7. The van der Waals surface area contributed by atoms with E-state index in [9.17, 15) is 13.2 Å². The number of hydrogen-bond acceptors (Lipinski definition) is 4. The molecular weight excluding hydrogens is 502 g/mol. The van der Waals surface area contributed by atoms with E-state index in [4.69, 9.17) is 9.84 Å². The Morgan fingerprint density at radius 3 is 2.30 bits per heavy atom. The van der Waals surface area contributed by atoms with Gasteiger partial charge in [-0.1, -0.05) is 6.07 Å². The molecule has 0 aliphatic carbocycles. The predicted octanol–water partition coefficient (Wildman–Crippen LogP) is 4.49. The second-order valence-corrected chi connectivity index (χ2v) is 9.68. The van der Waals surface area contributed by atoms with Crippen LogP contribution >= 0.6 is 31.9 Å². The maximum Gasteiger partial charge on any atom is 0.307 e. The van der Waals surface area contributed by atoms with E-state index in [1.807, 2.05) is 13.0 Å². The molecule has 0 saturated heterocycles. The van der Waals surface area contributed by atoms with Crippen LogP contribution in [0.3, 0.4) is 0 Å². The summed E-state index contributed by atoms with van der Waals surface area (Å²) in [6, 6.07) is 8.78. The molecule has 0 radical (unpaired) electrons. The average molecular weight is 521 g/mol. The first-order valence-corrected chi connectivity index (χ1v) is 11.3. The van der Waals surface area contributed by atoms with Crippen LogP contribution in [0.15, 0.2) is 39.3 Å². The van der Waals surface area contributed by atoms with Crippen molar-refractivity contribution >= 4 is 53.5 Å². The van der Waals surface area contributed by atoms with Crippen LogP contribution in [0.1, 0.15) is 23.6 Å². The molecule has 0 fully saturated rings. The summed E-state index contributed by atoms with van der Waals surface area (Å²) in [5.41, 5.74) is 2.84. The summed E-state index contributed by atoms with van der Waals surface area (Å²) >= 11 is 6.80. The van der Waals surface area contributed by atoms with Gasteiger partial charge in [-0.3, -0.25) is 9.52 Å². The smallest absolute Gasteiger partial charge is 0.307 e. The van der Waals surface area contributed by atoms with Crippen LogP contribution in [0.2, 0.25) is 0 Å². The molecule has 2 aromatic carbocycles. The number of aryl methyl sites for hydroxylation is 1. The van der Waals surface area contributed by atoms with Crippen LogP contribution in [0.4, 0.5) is 5.69 Å². The van der Waals surface area contributed by atoms with Gasteiger partial charge in [-0.15, -0.1) is 0 Å². The van der Waals surface area contributed by atoms with E-state index in [-0.39, 0.29) is 18.8 Å². The van der Waals surface area contributed by atoms with Crippen molar-refractivity contribution in [2.75, 3.05) is 10.5 Å². The molecule has 0 atom stereocenters. The Balaban J connectivity index is 2.19. The van der Waals surface area contributed by atoms with Crippen LogP contribution in [-0.2, 0) is 27.8 Å². The number of carboxylic acid groups (broad SMARTS) is 1. The molecule has 0 amide bonds. The molecule has 2 N–H and O–H groups in total. The lowest BCUT2D eigenvalue weighted by atomic mass is 10.1. The van der Waals surface area contributed by atoms with Crippen LogP contribution < -0.4 is 9.46 Å². The number of carbonyl (C=O) groups is 1. The molecule has 0 heterocycles. The molecule has 9 heteroatoms. The first kappa shape index (κ1) is 21.7. The highest BCUT2D eigenvalue weighted by atomic mass is 79.9. The Kier molecular flexibility index (Phi) is 7.30. The molecule has 0 aromatic heterocycles. The fourth-order valence-corrected chi connectivity index (χ4v) is 4.57. The van der Waals surface area contributed by atoms with Gasteiger partial charge in [0, 0.05) is 5.69 Å². The highest BCUT2D eigenvalue weighted by Crippen LogP contribution is 2.35. The molecule has 0 unspecified atom stereocenters. The van der Waals surface area contributed by atoms with Gasteiger partial charge in [-0.05, 0) is 86.7 Å². The van der Waals surface area contributed by atoms with Gasteiger partial charge in [0.25, 0.3) is 0 Å². The van der Waals surface area contributed by atoms with E-state index in [0.29, 0.717) is 25.9 Å². The van der Waals surface area contributed by atoms with Crippen molar-refractivity contribution in [2.45, 2.75) is 26.9 Å². The maximum absolute atomic E-state index is 11.8. The topological polar surface area (TPSA) is 92.7 Å². The van der Waals surface area contributed by atoms with E-state index in [0.717, 1.165) is 11.1 Å². The predicted molar refractivity (Wildman–Crippen MR) is 112 cm³/mol. The standard InChI is InChI=1S/C18H19Br2NO5S/c1-3-27(24,25)21-14-5-11(2)4-13(6-14)10-26-18-15(19)7-12(8-16(18)20)9-17(22)23/h4-8,21H,3,9-10H2,1-2H3,(H,22,23). The van der Waals surface area contributed by atoms with Crippen LogP contribution in [0.5, 0.6) is 5.75 Å². The number of benzene rings is 2. The molecule has 27 heavy (non-hydrogen) atoms. The normalized spacial score (nSPS) is 11.3. The van der Waals surface area contributed by atoms with Gasteiger partial charge in [0.2, 0.25) is 10.0 Å². The highest BCUT2D eigenvalue weighted by molar-refractivity contribution is 9.11. The first-order chi connectivity index (χ1) is 12.6. The molecule has 2 rings (SSSR count). The number of rotatable bonds is 8. The van der Waals surface area contributed by atoms with E-state index in [2.05, 4.69) is 36.6 Å². The van der Waals surface area contributed by atoms with Crippen molar-refractivity contribution in [2.24, 2.45) is 0 Å². The number of sulfonamides is 1. The van der Waals surface area contributed by atoms with E-state index >= 15 is 0 Å². The molecule has 146 valence electrons. The highest BCUT2D eigenvalue weighted by Gasteiger charge is 2.12. The van der Waals surface area contributed by atoms with Gasteiger partial charge in [-0.25, -0.2) is 8.42 Å². The number of anilines is 1. The molecule has 6 nitrogen and oxygen atoms in total. The number of halogens is 2. The summed E-state index contributed by atoms with van der Waals surface area (Å²) in [6.45, 7) is 3.67. The molecule has 0 aliphatic heterocycles. The second kappa shape index (κ2) is 9.07. The lowest BCUT2D eigenvalue weighted by Gasteiger charge is -2.14. The van der Waals surface area contributed by atoms with E-state index in [1.54, 1.807) is 31.2 Å². The quantitative estimate of drug-likeness (QED) is 0.535. The third kappa shape index (κ3) is 6.51. The third-order valence-electron chi connectivity index (χ3n) is 3.59. The molecule has 2 aromatic rings. The van der Waals surface area contributed by atoms with Crippen LogP contribution in [0.25, 0.3) is 0 Å². The number of aliphatic carboxylic acids is 1. The van der Waals surface area contributed by atoms with Gasteiger partial charge < -0.3 is 9.84 Å². The number of carboxylic acids is 1. The molecule has 0 bridgehead atoms. The van der Waals surface area contributed by atoms with Crippen molar-refractivity contribution in [3.63, 3.8) is 0 Å². The minimum atomic E-state index is -3.36. The van der Waals surface area contributed by atoms with Crippen molar-refractivity contribution in [1.29, 1.82) is 0 Å². The fraction of sp³-hybridized carbons (Fsp3) is 0.278. The lowest BCUT2D eigenvalue weighted by molar-refractivity contribution is -0.136. The number of nitrogens with one attached hydrogen (secondary N) is 1. The molecular formula is C18H19Br2NO5S. The summed E-state index contributed by atoms with van der Waals surface area (Å²) in [5, 5.41) is 8.91. The first-order valence-electron chi connectivity index (χ1n) is 8.03. The Morgan fingerprint density at radius 1 is 1.11 bits per heavy atom. The zero-order valence-electron chi connectivity index (χ0n) is 14.8. The van der Waals surface area contributed by atoms with Crippen molar-refractivity contribution in [3.8, 4) is 5.75 Å². The van der Waals surface area contributed by atoms with E-state index < -0.39 is 16.0 Å². The van der Waals surface area contributed by atoms with Crippen molar-refractivity contribution < 1.29 is 23.1 Å². The van der Waals surface area contributed by atoms with Crippen molar-refractivity contribution in [3.05, 3.63) is 56.0 Å². The third-order valence-corrected chi connectivity index (χ3v) is 6.07. The summed E-state index contributed by atoms with van der Waals surface area (Å²) in [6.07, 6.45) is -0.0870. The summed E-state index contributed by atoms with van der Waals surface area (Å²) < 4.78 is 33.2. The van der Waals surface area contributed by atoms with Gasteiger partial charge in [-0.2, -0.15) is 0 Å². The van der Waals surface area contributed by atoms with Gasteiger partial charge in [0.15, 0.2) is 0 Å². The van der Waals surface area contributed by atoms with Gasteiger partial charge in [0.1, 0.15) is 12.4 Å². The fourth-order valence-electron chi connectivity index (χ4n) is 2.44. The minimum absolute atomic E-state index is 0.00460. The minimum Gasteiger partial charge on any atom is -0.487 e. The van der Waals surface area contributed by atoms with Gasteiger partial charge >= 0.3 is 5.97 Å². The Hall–Kier alpha value is -1.58. The molecule has 0 spiro atoms. The largest absolute Gasteiger partial charge is 0.487 e. The Morgan fingerprint density at radius 2 is 1.74 bits per heavy atom. The Bertz CT molecular complexity index is 937. The number of hydrogen-bond donors (Lipinski definition) is 2. The number of ether oxygens (including phenoxy) is 1. The summed E-state index contributed by atoms with van der Waals surface area (Å²) in [5.74, 6) is -0.374. The van der Waals surface area contributed by atoms with E-state index in [1.165, 1.54) is 0 Å². The second-order valence-electron chi connectivity index (χ2n) is 5.96. The SMILES string of the molecule is CCS(=O)(=O)Nc1cc(C)cc(COc2c(Br)cc(CC(=O)O)cc2Br)c1. The maximum atomic E-state index is 11.8. The molecule has 0 saturated carbocycles. The lowest BCUT2D eigenvalue weighted by Crippen LogP contribution is -2.15. The average Bonchev–Trinajstić information content (AvgIpc) is 2.52. The summed E-state index contributed by atoms with van der Waals surface area (Å²) in [7, 11) is -3.36. The Labute approximate surface area is 175 Å². The summed E-state index contributed by atoms with van der Waals surface area (Å²) in [4.78, 5) is 10.9. The zero-order chi connectivity index (χ0) is 20.2. The van der Waals surface area contributed by atoms with Crippen LogP contribution in [-0.4, -0.2) is 25.2 Å². The monoisotopic (exact) mass is 519 g/mol.